The Hall–Kier alpha value is -3.93. The molecule has 3 aromatic carbocycles. The molecule has 3 aromatic rings. The zero-order valence-corrected chi connectivity index (χ0v) is 17.8. The molecule has 0 aromatic heterocycles. The summed E-state index contributed by atoms with van der Waals surface area (Å²) in [6.07, 6.45) is 0.291. The van der Waals surface area contributed by atoms with Gasteiger partial charge in [-0.15, -0.1) is 0 Å². The minimum atomic E-state index is -1.28. The van der Waals surface area contributed by atoms with E-state index in [4.69, 9.17) is 0 Å². The number of hydrogen-bond acceptors (Lipinski definition) is 3. The summed E-state index contributed by atoms with van der Waals surface area (Å²) < 4.78 is 0. The van der Waals surface area contributed by atoms with Crippen molar-refractivity contribution in [2.24, 2.45) is 0 Å². The molecule has 0 aliphatic heterocycles. The average molecular weight is 431 g/mol. The zero-order chi connectivity index (χ0) is 23.0. The molecule has 0 aliphatic rings. The second-order valence-electron chi connectivity index (χ2n) is 7.51. The molecule has 2 atom stereocenters. The first-order chi connectivity index (χ1) is 15.5. The molecule has 0 bridgehead atoms. The highest BCUT2D eigenvalue weighted by molar-refractivity contribution is 5.98. The second kappa shape index (κ2) is 10.4. The Bertz CT molecular complexity index is 1050. The topological polar surface area (TPSA) is 95.5 Å². The Balaban J connectivity index is 1.84. The van der Waals surface area contributed by atoms with Crippen LogP contribution in [-0.2, 0) is 15.0 Å². The van der Waals surface area contributed by atoms with Crippen molar-refractivity contribution in [3.05, 3.63) is 108 Å². The van der Waals surface area contributed by atoms with Gasteiger partial charge in [0.1, 0.15) is 11.5 Å². The molecule has 2 unspecified atom stereocenters. The lowest BCUT2D eigenvalue weighted by atomic mass is 9.78. The Morgan fingerprint density at radius 1 is 0.844 bits per heavy atom. The first kappa shape index (κ1) is 22.7. The normalized spacial score (nSPS) is 13.4. The van der Waals surface area contributed by atoms with E-state index in [9.17, 15) is 19.5 Å². The number of carbonyl (C=O) groups is 3. The van der Waals surface area contributed by atoms with E-state index in [2.05, 4.69) is 10.6 Å². The molecule has 6 nitrogen and oxygen atoms in total. The Morgan fingerprint density at radius 2 is 1.38 bits per heavy atom. The fourth-order valence-corrected chi connectivity index (χ4v) is 3.63. The molecule has 3 rings (SSSR count). The van der Waals surface area contributed by atoms with E-state index in [-0.39, 0.29) is 6.54 Å². The van der Waals surface area contributed by atoms with Gasteiger partial charge >= 0.3 is 5.97 Å². The van der Waals surface area contributed by atoms with Gasteiger partial charge in [0.25, 0.3) is 5.91 Å². The van der Waals surface area contributed by atoms with Crippen molar-refractivity contribution in [1.29, 1.82) is 0 Å². The monoisotopic (exact) mass is 430 g/mol. The predicted molar refractivity (Wildman–Crippen MR) is 122 cm³/mol. The molecule has 0 heterocycles. The molecule has 2 amide bonds. The first-order valence-corrected chi connectivity index (χ1v) is 10.5. The lowest BCUT2D eigenvalue weighted by Gasteiger charge is -2.30. The standard InChI is InChI=1S/C26H26N2O4/c1-2-26(25(31)32,21-16-10-5-11-17-21)18-27-24(30)22(19-12-6-3-7-13-19)28-23(29)20-14-8-4-9-15-20/h3-17,22H,2,18H2,1H3,(H,27,30)(H,28,29)(H,31,32). The van der Waals surface area contributed by atoms with Gasteiger partial charge in [0, 0.05) is 12.1 Å². The van der Waals surface area contributed by atoms with Crippen molar-refractivity contribution >= 4 is 17.8 Å². The quantitative estimate of drug-likeness (QED) is 0.482. The summed E-state index contributed by atoms with van der Waals surface area (Å²) in [5.74, 6) is -1.88. The maximum atomic E-state index is 13.2. The summed E-state index contributed by atoms with van der Waals surface area (Å²) >= 11 is 0. The lowest BCUT2D eigenvalue weighted by Crippen LogP contribution is -2.49. The predicted octanol–water partition coefficient (Wildman–Crippen LogP) is 3.71. The number of carboxylic acid groups (broad SMARTS) is 1. The Kier molecular flexibility index (Phi) is 7.39. The number of carboxylic acids is 1. The summed E-state index contributed by atoms with van der Waals surface area (Å²) in [4.78, 5) is 38.2. The largest absolute Gasteiger partial charge is 0.481 e. The van der Waals surface area contributed by atoms with E-state index < -0.39 is 29.2 Å². The highest BCUT2D eigenvalue weighted by Crippen LogP contribution is 2.28. The fraction of sp³-hybridized carbons (Fsp3) is 0.192. The van der Waals surface area contributed by atoms with Crippen molar-refractivity contribution in [2.45, 2.75) is 24.8 Å². The van der Waals surface area contributed by atoms with E-state index in [1.807, 2.05) is 12.1 Å². The number of rotatable bonds is 9. The molecule has 0 radical (unpaired) electrons. The van der Waals surface area contributed by atoms with Gasteiger partial charge in [-0.25, -0.2) is 0 Å². The van der Waals surface area contributed by atoms with Gasteiger partial charge in [-0.1, -0.05) is 85.8 Å². The maximum Gasteiger partial charge on any atom is 0.315 e. The Labute approximate surface area is 187 Å². The third kappa shape index (κ3) is 5.03. The second-order valence-corrected chi connectivity index (χ2v) is 7.51. The minimum absolute atomic E-state index is 0.105. The van der Waals surface area contributed by atoms with Gasteiger partial charge in [-0.2, -0.15) is 0 Å². The molecule has 32 heavy (non-hydrogen) atoms. The summed E-state index contributed by atoms with van der Waals surface area (Å²) in [7, 11) is 0. The summed E-state index contributed by atoms with van der Waals surface area (Å²) in [6, 6.07) is 25.4. The third-order valence-corrected chi connectivity index (χ3v) is 5.61. The third-order valence-electron chi connectivity index (χ3n) is 5.61. The molecule has 0 saturated heterocycles. The van der Waals surface area contributed by atoms with Crippen LogP contribution >= 0.6 is 0 Å². The van der Waals surface area contributed by atoms with E-state index in [0.717, 1.165) is 0 Å². The smallest absolute Gasteiger partial charge is 0.315 e. The van der Waals surface area contributed by atoms with Crippen molar-refractivity contribution in [1.82, 2.24) is 10.6 Å². The number of aliphatic carboxylic acids is 1. The lowest BCUT2D eigenvalue weighted by molar-refractivity contribution is -0.144. The van der Waals surface area contributed by atoms with Crippen LogP contribution in [0.25, 0.3) is 0 Å². The molecule has 0 fully saturated rings. The number of benzene rings is 3. The Morgan fingerprint density at radius 3 is 1.91 bits per heavy atom. The molecule has 0 spiro atoms. The minimum Gasteiger partial charge on any atom is -0.481 e. The molecule has 164 valence electrons. The van der Waals surface area contributed by atoms with Crippen LogP contribution in [0.3, 0.4) is 0 Å². The van der Waals surface area contributed by atoms with Crippen LogP contribution in [0.5, 0.6) is 0 Å². The summed E-state index contributed by atoms with van der Waals surface area (Å²) in [5, 5.41) is 15.6. The molecular weight excluding hydrogens is 404 g/mol. The van der Waals surface area contributed by atoms with E-state index in [0.29, 0.717) is 23.1 Å². The fourth-order valence-electron chi connectivity index (χ4n) is 3.63. The van der Waals surface area contributed by atoms with Crippen LogP contribution in [0.15, 0.2) is 91.0 Å². The number of carbonyl (C=O) groups excluding carboxylic acids is 2. The van der Waals surface area contributed by atoms with E-state index in [1.54, 1.807) is 85.8 Å². The van der Waals surface area contributed by atoms with Crippen molar-refractivity contribution in [2.75, 3.05) is 6.54 Å². The van der Waals surface area contributed by atoms with Gasteiger partial charge in [0.05, 0.1) is 0 Å². The SMILES string of the molecule is CCC(CNC(=O)C(NC(=O)c1ccccc1)c1ccccc1)(C(=O)O)c1ccccc1. The zero-order valence-electron chi connectivity index (χ0n) is 17.8. The van der Waals surface area contributed by atoms with Crippen LogP contribution in [0.1, 0.15) is 40.9 Å². The highest BCUT2D eigenvalue weighted by Gasteiger charge is 2.39. The van der Waals surface area contributed by atoms with Crippen LogP contribution in [0.4, 0.5) is 0 Å². The number of nitrogens with one attached hydrogen (secondary N) is 2. The molecule has 0 aliphatic carbocycles. The van der Waals surface area contributed by atoms with Gasteiger partial charge in [0.15, 0.2) is 0 Å². The van der Waals surface area contributed by atoms with Crippen LogP contribution in [0.2, 0.25) is 0 Å². The van der Waals surface area contributed by atoms with Gasteiger partial charge in [0.2, 0.25) is 5.91 Å². The number of hydrogen-bond donors (Lipinski definition) is 3. The molecule has 0 saturated carbocycles. The van der Waals surface area contributed by atoms with Gasteiger partial charge < -0.3 is 15.7 Å². The van der Waals surface area contributed by atoms with Crippen molar-refractivity contribution in [3.63, 3.8) is 0 Å². The van der Waals surface area contributed by atoms with Crippen LogP contribution < -0.4 is 10.6 Å². The summed E-state index contributed by atoms with van der Waals surface area (Å²) in [6.45, 7) is 1.67. The van der Waals surface area contributed by atoms with Gasteiger partial charge in [-0.05, 0) is 29.7 Å². The molecular formula is C26H26N2O4. The molecule has 6 heteroatoms. The first-order valence-electron chi connectivity index (χ1n) is 10.5. The van der Waals surface area contributed by atoms with E-state index in [1.165, 1.54) is 0 Å². The van der Waals surface area contributed by atoms with Crippen LogP contribution in [-0.4, -0.2) is 29.4 Å². The average Bonchev–Trinajstić information content (AvgIpc) is 2.84. The van der Waals surface area contributed by atoms with E-state index >= 15 is 0 Å². The van der Waals surface area contributed by atoms with Gasteiger partial charge in [-0.3, -0.25) is 14.4 Å². The molecule has 3 N–H and O–H groups in total. The maximum absolute atomic E-state index is 13.2. The van der Waals surface area contributed by atoms with Crippen molar-refractivity contribution in [3.8, 4) is 0 Å². The highest BCUT2D eigenvalue weighted by atomic mass is 16.4. The number of amides is 2. The van der Waals surface area contributed by atoms with Crippen LogP contribution in [0, 0.1) is 0 Å². The summed E-state index contributed by atoms with van der Waals surface area (Å²) in [5.41, 5.74) is 0.368. The van der Waals surface area contributed by atoms with Crippen molar-refractivity contribution < 1.29 is 19.5 Å².